The van der Waals surface area contributed by atoms with Gasteiger partial charge in [-0.05, 0) is 42.5 Å². The van der Waals surface area contributed by atoms with Crippen LogP contribution in [0.2, 0.25) is 15.1 Å². The van der Waals surface area contributed by atoms with Gasteiger partial charge in [0.05, 0.1) is 21.3 Å². The lowest BCUT2D eigenvalue weighted by Gasteiger charge is -2.07. The van der Waals surface area contributed by atoms with Crippen molar-refractivity contribution in [2.24, 2.45) is 0 Å². The van der Waals surface area contributed by atoms with Gasteiger partial charge in [0.25, 0.3) is 4.84 Å². The summed E-state index contributed by atoms with van der Waals surface area (Å²) in [5, 5.41) is 9.09. The van der Waals surface area contributed by atoms with Gasteiger partial charge in [-0.25, -0.2) is 4.68 Å². The number of hydrogen-bond acceptors (Lipinski definition) is 4. The van der Waals surface area contributed by atoms with Gasteiger partial charge in [0.1, 0.15) is 6.67 Å². The molecule has 0 unspecified atom stereocenters. The van der Waals surface area contributed by atoms with E-state index in [0.29, 0.717) is 33.2 Å². The van der Waals surface area contributed by atoms with Crippen molar-refractivity contribution in [1.82, 2.24) is 9.78 Å². The number of rotatable bonds is 4. The molecule has 0 saturated heterocycles. The molecule has 2 aromatic carbocycles. The van der Waals surface area contributed by atoms with Crippen molar-refractivity contribution in [2.75, 3.05) is 5.32 Å². The molecule has 0 amide bonds. The van der Waals surface area contributed by atoms with Crippen molar-refractivity contribution in [2.45, 2.75) is 6.67 Å². The Hall–Kier alpha value is -1.53. The zero-order valence-corrected chi connectivity index (χ0v) is 14.7. The standard InChI is InChI=1S/C15H10Cl3N3OS/c16-9-5-6-13(12(18)7-9)19-8-21-15(23)22-14(20-21)10-3-1-2-4-11(10)17/h1-7,19H,8H2. The molecule has 0 aliphatic rings. The maximum Gasteiger partial charge on any atom is 0.289 e. The molecule has 0 saturated carbocycles. The first-order chi connectivity index (χ1) is 11.0. The summed E-state index contributed by atoms with van der Waals surface area (Å²) < 4.78 is 7.02. The Balaban J connectivity index is 1.82. The molecule has 3 rings (SSSR count). The number of anilines is 1. The highest BCUT2D eigenvalue weighted by Crippen LogP contribution is 2.27. The van der Waals surface area contributed by atoms with Crippen molar-refractivity contribution < 1.29 is 4.42 Å². The SMILES string of the molecule is S=c1oc(-c2ccccc2Cl)nn1CNc1ccc(Cl)cc1Cl. The third-order valence-electron chi connectivity index (χ3n) is 3.06. The van der Waals surface area contributed by atoms with Gasteiger partial charge in [0, 0.05) is 5.02 Å². The predicted octanol–water partition coefficient (Wildman–Crippen LogP) is 5.90. The predicted molar refractivity (Wildman–Crippen MR) is 95.9 cm³/mol. The average Bonchev–Trinajstić information content (AvgIpc) is 2.88. The first-order valence-electron chi connectivity index (χ1n) is 6.56. The van der Waals surface area contributed by atoms with Crippen LogP contribution in [0.1, 0.15) is 0 Å². The summed E-state index contributed by atoms with van der Waals surface area (Å²) in [7, 11) is 0. The topological polar surface area (TPSA) is 43.0 Å². The molecule has 23 heavy (non-hydrogen) atoms. The summed E-state index contributed by atoms with van der Waals surface area (Å²) in [4.78, 5) is 0.234. The summed E-state index contributed by atoms with van der Waals surface area (Å²) in [6, 6.07) is 12.4. The molecule has 8 heteroatoms. The minimum atomic E-state index is 0.234. The van der Waals surface area contributed by atoms with Crippen LogP contribution in [0.4, 0.5) is 5.69 Å². The normalized spacial score (nSPS) is 10.7. The highest BCUT2D eigenvalue weighted by atomic mass is 35.5. The lowest BCUT2D eigenvalue weighted by Crippen LogP contribution is -2.09. The zero-order chi connectivity index (χ0) is 16.4. The zero-order valence-electron chi connectivity index (χ0n) is 11.6. The third-order valence-corrected chi connectivity index (χ3v) is 4.23. The smallest absolute Gasteiger partial charge is 0.289 e. The summed E-state index contributed by atoms with van der Waals surface area (Å²) in [5.74, 6) is 0.365. The molecule has 118 valence electrons. The van der Waals surface area contributed by atoms with Crippen LogP contribution >= 0.6 is 47.0 Å². The molecule has 1 aromatic heterocycles. The second-order valence-corrected chi connectivity index (χ2v) is 6.21. The largest absolute Gasteiger partial charge is 0.409 e. The molecule has 0 radical (unpaired) electrons. The Morgan fingerprint density at radius 2 is 1.87 bits per heavy atom. The second kappa shape index (κ2) is 6.93. The van der Waals surface area contributed by atoms with E-state index >= 15 is 0 Å². The van der Waals surface area contributed by atoms with Gasteiger partial charge in [0.15, 0.2) is 0 Å². The van der Waals surface area contributed by atoms with Gasteiger partial charge >= 0.3 is 0 Å². The van der Waals surface area contributed by atoms with Gasteiger partial charge in [0.2, 0.25) is 5.89 Å². The Kier molecular flexibility index (Phi) is 4.92. The molecular formula is C15H10Cl3N3OS. The van der Waals surface area contributed by atoms with E-state index in [1.54, 1.807) is 24.3 Å². The lowest BCUT2D eigenvalue weighted by molar-refractivity contribution is 0.522. The van der Waals surface area contributed by atoms with Crippen molar-refractivity contribution in [3.63, 3.8) is 0 Å². The molecule has 0 fully saturated rings. The minimum absolute atomic E-state index is 0.234. The fourth-order valence-electron chi connectivity index (χ4n) is 1.94. The van der Waals surface area contributed by atoms with Gasteiger partial charge in [-0.1, -0.05) is 46.9 Å². The number of aromatic nitrogens is 2. The number of hydrogen-bond donors (Lipinski definition) is 1. The molecule has 1 N–H and O–H groups in total. The fraction of sp³-hybridized carbons (Fsp3) is 0.0667. The van der Waals surface area contributed by atoms with Gasteiger partial charge < -0.3 is 9.73 Å². The molecule has 0 bridgehead atoms. The summed E-state index contributed by atoms with van der Waals surface area (Å²) in [6.45, 7) is 0.300. The van der Waals surface area contributed by atoms with E-state index in [1.807, 2.05) is 18.2 Å². The van der Waals surface area contributed by atoms with Crippen molar-refractivity contribution in [3.05, 3.63) is 62.4 Å². The molecule has 0 aliphatic heterocycles. The van der Waals surface area contributed by atoms with Crippen LogP contribution in [-0.4, -0.2) is 9.78 Å². The quantitative estimate of drug-likeness (QED) is 0.567. The highest BCUT2D eigenvalue weighted by Gasteiger charge is 2.11. The Morgan fingerprint density at radius 1 is 1.09 bits per heavy atom. The van der Waals surface area contributed by atoms with Crippen LogP contribution in [-0.2, 0) is 6.67 Å². The molecule has 1 heterocycles. The second-order valence-electron chi connectivity index (χ2n) is 4.61. The van der Waals surface area contributed by atoms with Crippen molar-refractivity contribution in [3.8, 4) is 11.5 Å². The molecule has 3 aromatic rings. The monoisotopic (exact) mass is 385 g/mol. The number of nitrogens with zero attached hydrogens (tertiary/aromatic N) is 2. The summed E-state index contributed by atoms with van der Waals surface area (Å²) in [5.41, 5.74) is 1.41. The van der Waals surface area contributed by atoms with E-state index in [2.05, 4.69) is 10.4 Å². The molecule has 0 spiro atoms. The van der Waals surface area contributed by atoms with Crippen LogP contribution in [0.15, 0.2) is 46.9 Å². The molecule has 4 nitrogen and oxygen atoms in total. The van der Waals surface area contributed by atoms with E-state index in [0.717, 1.165) is 5.69 Å². The average molecular weight is 387 g/mol. The van der Waals surface area contributed by atoms with Gasteiger partial charge in [-0.3, -0.25) is 0 Å². The Morgan fingerprint density at radius 3 is 2.61 bits per heavy atom. The van der Waals surface area contributed by atoms with E-state index in [-0.39, 0.29) is 4.84 Å². The first kappa shape index (κ1) is 16.3. The first-order valence-corrected chi connectivity index (χ1v) is 8.10. The number of benzene rings is 2. The third kappa shape index (κ3) is 3.70. The van der Waals surface area contributed by atoms with Crippen LogP contribution < -0.4 is 5.32 Å². The van der Waals surface area contributed by atoms with Crippen LogP contribution in [0.25, 0.3) is 11.5 Å². The van der Waals surface area contributed by atoms with Crippen molar-refractivity contribution in [1.29, 1.82) is 0 Å². The van der Waals surface area contributed by atoms with E-state index in [4.69, 9.17) is 51.4 Å². The van der Waals surface area contributed by atoms with E-state index < -0.39 is 0 Å². The number of halogens is 3. The van der Waals surface area contributed by atoms with Crippen LogP contribution in [0, 0.1) is 4.84 Å². The maximum absolute atomic E-state index is 6.14. The number of nitrogens with one attached hydrogen (secondary N) is 1. The molecular weight excluding hydrogens is 377 g/mol. The lowest BCUT2D eigenvalue weighted by atomic mass is 10.2. The Bertz CT molecular complexity index is 907. The van der Waals surface area contributed by atoms with Gasteiger partial charge in [-0.15, -0.1) is 5.10 Å². The van der Waals surface area contributed by atoms with E-state index in [9.17, 15) is 0 Å². The minimum Gasteiger partial charge on any atom is -0.409 e. The highest BCUT2D eigenvalue weighted by molar-refractivity contribution is 7.71. The maximum atomic E-state index is 6.14. The van der Waals surface area contributed by atoms with E-state index in [1.165, 1.54) is 4.68 Å². The van der Waals surface area contributed by atoms with Gasteiger partial charge in [-0.2, -0.15) is 0 Å². The van der Waals surface area contributed by atoms with Crippen LogP contribution in [0.5, 0.6) is 0 Å². The summed E-state index contributed by atoms with van der Waals surface area (Å²) >= 11 is 23.3. The molecule has 0 atom stereocenters. The summed E-state index contributed by atoms with van der Waals surface area (Å²) in [6.07, 6.45) is 0. The molecule has 0 aliphatic carbocycles. The van der Waals surface area contributed by atoms with Crippen LogP contribution in [0.3, 0.4) is 0 Å². The van der Waals surface area contributed by atoms with Crippen molar-refractivity contribution >= 4 is 52.7 Å². The fourth-order valence-corrected chi connectivity index (χ4v) is 2.82. The Labute approximate surface area is 152 Å².